The van der Waals surface area contributed by atoms with Gasteiger partial charge in [-0.1, -0.05) is 34.4 Å². The van der Waals surface area contributed by atoms with Crippen LogP contribution >= 0.6 is 23.2 Å². The summed E-state index contributed by atoms with van der Waals surface area (Å²) in [5, 5.41) is 5.08. The minimum absolute atomic E-state index is 0.0119. The van der Waals surface area contributed by atoms with Gasteiger partial charge in [0.25, 0.3) is 0 Å². The molecule has 0 saturated carbocycles. The Kier molecular flexibility index (Phi) is 4.22. The summed E-state index contributed by atoms with van der Waals surface area (Å²) in [6.07, 6.45) is 1.00. The van der Waals surface area contributed by atoms with Gasteiger partial charge in [0.1, 0.15) is 0 Å². The fraction of sp³-hybridized carbons (Fsp3) is 0.333. The number of nitrogens with two attached hydrogens (primary N) is 1. The van der Waals surface area contributed by atoms with E-state index >= 15 is 0 Å². The fourth-order valence-electron chi connectivity index (χ4n) is 1.58. The zero-order valence-electron chi connectivity index (χ0n) is 9.86. The highest BCUT2D eigenvalue weighted by Gasteiger charge is 2.12. The summed E-state index contributed by atoms with van der Waals surface area (Å²) in [7, 11) is 0. The minimum Gasteiger partial charge on any atom is -0.339 e. The van der Waals surface area contributed by atoms with Crippen molar-refractivity contribution in [2.45, 2.75) is 25.8 Å². The van der Waals surface area contributed by atoms with E-state index in [0.717, 1.165) is 5.56 Å². The average Bonchev–Trinajstić information content (AvgIpc) is 2.70. The molecule has 2 rings (SSSR count). The van der Waals surface area contributed by atoms with E-state index in [0.29, 0.717) is 34.6 Å². The number of halogens is 2. The van der Waals surface area contributed by atoms with Gasteiger partial charge in [-0.15, -0.1) is 0 Å². The highest BCUT2D eigenvalue weighted by Crippen LogP contribution is 2.26. The van der Waals surface area contributed by atoms with Gasteiger partial charge >= 0.3 is 0 Å². The molecule has 0 saturated heterocycles. The quantitative estimate of drug-likeness (QED) is 0.938. The predicted octanol–water partition coefficient (Wildman–Crippen LogP) is 2.86. The Morgan fingerprint density at radius 1 is 1.33 bits per heavy atom. The number of benzene rings is 1. The lowest BCUT2D eigenvalue weighted by Gasteiger charge is -2.03. The molecule has 0 radical (unpaired) electrons. The van der Waals surface area contributed by atoms with Crippen LogP contribution < -0.4 is 5.73 Å². The zero-order chi connectivity index (χ0) is 13.1. The first-order chi connectivity index (χ1) is 8.56. The SMILES string of the molecule is CC(N)Cc1nc(Cc2c(Cl)cccc2Cl)no1. The Morgan fingerprint density at radius 3 is 2.61 bits per heavy atom. The van der Waals surface area contributed by atoms with E-state index in [1.807, 2.05) is 6.92 Å². The van der Waals surface area contributed by atoms with E-state index in [9.17, 15) is 0 Å². The van der Waals surface area contributed by atoms with Crippen LogP contribution in [0.4, 0.5) is 0 Å². The minimum atomic E-state index is -0.0119. The summed E-state index contributed by atoms with van der Waals surface area (Å²) in [5.41, 5.74) is 6.46. The molecule has 0 aliphatic rings. The number of aromatic nitrogens is 2. The van der Waals surface area contributed by atoms with Crippen molar-refractivity contribution in [2.24, 2.45) is 5.73 Å². The Hall–Kier alpha value is -1.10. The lowest BCUT2D eigenvalue weighted by Crippen LogP contribution is -2.17. The molecule has 0 spiro atoms. The molecule has 4 nitrogen and oxygen atoms in total. The molecule has 2 N–H and O–H groups in total. The van der Waals surface area contributed by atoms with Crippen LogP contribution in [0.25, 0.3) is 0 Å². The molecule has 96 valence electrons. The Morgan fingerprint density at radius 2 is 2.00 bits per heavy atom. The first kappa shape index (κ1) is 13.3. The topological polar surface area (TPSA) is 64.9 Å². The summed E-state index contributed by atoms with van der Waals surface area (Å²) >= 11 is 12.2. The second kappa shape index (κ2) is 5.69. The van der Waals surface area contributed by atoms with Crippen molar-refractivity contribution in [1.82, 2.24) is 10.1 Å². The zero-order valence-corrected chi connectivity index (χ0v) is 11.4. The van der Waals surface area contributed by atoms with Gasteiger partial charge in [-0.05, 0) is 24.6 Å². The Bertz CT molecular complexity index is 520. The molecule has 1 atom stereocenters. The standard InChI is InChI=1S/C12H13Cl2N3O/c1-7(15)5-12-16-11(17-18-12)6-8-9(13)3-2-4-10(8)14/h2-4,7H,5-6,15H2,1H3. The highest BCUT2D eigenvalue weighted by atomic mass is 35.5. The maximum Gasteiger partial charge on any atom is 0.228 e. The number of rotatable bonds is 4. The largest absolute Gasteiger partial charge is 0.339 e. The summed E-state index contributed by atoms with van der Waals surface area (Å²) in [4.78, 5) is 4.25. The lowest BCUT2D eigenvalue weighted by atomic mass is 10.1. The highest BCUT2D eigenvalue weighted by molar-refractivity contribution is 6.36. The maximum absolute atomic E-state index is 6.08. The van der Waals surface area contributed by atoms with Crippen LogP contribution in [0.5, 0.6) is 0 Å². The van der Waals surface area contributed by atoms with Gasteiger partial charge in [-0.3, -0.25) is 0 Å². The van der Waals surface area contributed by atoms with Crippen LogP contribution in [-0.2, 0) is 12.8 Å². The normalized spacial score (nSPS) is 12.7. The van der Waals surface area contributed by atoms with E-state index in [4.69, 9.17) is 33.5 Å². The van der Waals surface area contributed by atoms with Crippen molar-refractivity contribution in [1.29, 1.82) is 0 Å². The molecule has 2 aromatic rings. The van der Waals surface area contributed by atoms with Gasteiger partial charge in [0.15, 0.2) is 5.82 Å². The molecule has 0 aliphatic heterocycles. The lowest BCUT2D eigenvalue weighted by molar-refractivity contribution is 0.367. The molecule has 0 amide bonds. The van der Waals surface area contributed by atoms with Gasteiger partial charge in [-0.2, -0.15) is 4.98 Å². The van der Waals surface area contributed by atoms with Crippen LogP contribution in [-0.4, -0.2) is 16.2 Å². The third-order valence-electron chi connectivity index (χ3n) is 2.40. The van der Waals surface area contributed by atoms with Gasteiger partial charge in [0.2, 0.25) is 5.89 Å². The summed E-state index contributed by atoms with van der Waals surface area (Å²) < 4.78 is 5.10. The maximum atomic E-state index is 6.08. The first-order valence-electron chi connectivity index (χ1n) is 5.56. The molecule has 0 fully saturated rings. The molecule has 1 heterocycles. The number of nitrogens with zero attached hydrogens (tertiary/aromatic N) is 2. The van der Waals surface area contributed by atoms with E-state index < -0.39 is 0 Å². The van der Waals surface area contributed by atoms with Crippen molar-refractivity contribution in [3.05, 3.63) is 45.5 Å². The van der Waals surface area contributed by atoms with Gasteiger partial charge in [0, 0.05) is 28.9 Å². The van der Waals surface area contributed by atoms with Crippen LogP contribution in [0, 0.1) is 0 Å². The molecule has 0 bridgehead atoms. The Labute approximate surface area is 115 Å². The van der Waals surface area contributed by atoms with E-state index in [1.54, 1.807) is 18.2 Å². The fourth-order valence-corrected chi connectivity index (χ4v) is 2.11. The smallest absolute Gasteiger partial charge is 0.228 e. The number of hydrogen-bond acceptors (Lipinski definition) is 4. The van der Waals surface area contributed by atoms with Gasteiger partial charge in [0.05, 0.1) is 0 Å². The van der Waals surface area contributed by atoms with Crippen LogP contribution in [0.2, 0.25) is 10.0 Å². The van der Waals surface area contributed by atoms with Crippen molar-refractivity contribution in [3.8, 4) is 0 Å². The second-order valence-electron chi connectivity index (χ2n) is 4.16. The van der Waals surface area contributed by atoms with E-state index in [2.05, 4.69) is 10.1 Å². The summed E-state index contributed by atoms with van der Waals surface area (Å²) in [5.74, 6) is 1.09. The first-order valence-corrected chi connectivity index (χ1v) is 6.32. The predicted molar refractivity (Wildman–Crippen MR) is 70.9 cm³/mol. The molecule has 1 aromatic carbocycles. The average molecular weight is 286 g/mol. The third-order valence-corrected chi connectivity index (χ3v) is 3.11. The van der Waals surface area contributed by atoms with Crippen molar-refractivity contribution in [2.75, 3.05) is 0 Å². The van der Waals surface area contributed by atoms with Crippen LogP contribution in [0.1, 0.15) is 24.2 Å². The van der Waals surface area contributed by atoms with Crippen molar-refractivity contribution < 1.29 is 4.52 Å². The van der Waals surface area contributed by atoms with Crippen LogP contribution in [0.15, 0.2) is 22.7 Å². The summed E-state index contributed by atoms with van der Waals surface area (Å²) in [6.45, 7) is 1.88. The molecule has 1 aromatic heterocycles. The molecule has 1 unspecified atom stereocenters. The third kappa shape index (κ3) is 3.22. The van der Waals surface area contributed by atoms with Gasteiger partial charge in [-0.25, -0.2) is 0 Å². The molecular formula is C12H13Cl2N3O. The van der Waals surface area contributed by atoms with Crippen molar-refractivity contribution in [3.63, 3.8) is 0 Å². The van der Waals surface area contributed by atoms with E-state index in [-0.39, 0.29) is 6.04 Å². The molecule has 6 heteroatoms. The Balaban J connectivity index is 2.16. The number of hydrogen-bond donors (Lipinski definition) is 1. The van der Waals surface area contributed by atoms with Crippen molar-refractivity contribution >= 4 is 23.2 Å². The molecule has 18 heavy (non-hydrogen) atoms. The second-order valence-corrected chi connectivity index (χ2v) is 4.98. The van der Waals surface area contributed by atoms with Crippen LogP contribution in [0.3, 0.4) is 0 Å². The molecular weight excluding hydrogens is 273 g/mol. The molecule has 0 aliphatic carbocycles. The summed E-state index contributed by atoms with van der Waals surface area (Å²) in [6, 6.07) is 5.35. The van der Waals surface area contributed by atoms with E-state index in [1.165, 1.54) is 0 Å². The monoisotopic (exact) mass is 285 g/mol. The van der Waals surface area contributed by atoms with Gasteiger partial charge < -0.3 is 10.3 Å².